The van der Waals surface area contributed by atoms with Crippen molar-refractivity contribution in [3.8, 4) is 5.75 Å². The molecule has 4 aromatic rings. The van der Waals surface area contributed by atoms with E-state index in [4.69, 9.17) is 5.73 Å². The zero-order valence-electron chi connectivity index (χ0n) is 18.2. The van der Waals surface area contributed by atoms with E-state index in [1.807, 2.05) is 35.3 Å². The highest BCUT2D eigenvalue weighted by Gasteiger charge is 2.25. The molecule has 172 valence electrons. The second-order valence-electron chi connectivity index (χ2n) is 8.75. The summed E-state index contributed by atoms with van der Waals surface area (Å²) in [6.45, 7) is 1.33. The van der Waals surface area contributed by atoms with Gasteiger partial charge in [0.25, 0.3) is 0 Å². The van der Waals surface area contributed by atoms with Crippen molar-refractivity contribution in [2.45, 2.75) is 50.3 Å². The van der Waals surface area contributed by atoms with E-state index in [0.29, 0.717) is 29.6 Å². The first-order valence-electron chi connectivity index (χ1n) is 11.2. The minimum absolute atomic E-state index is 0.0142. The van der Waals surface area contributed by atoms with E-state index in [1.54, 1.807) is 12.1 Å². The maximum Gasteiger partial charge on any atom is 0.178 e. The number of hydrogen-bond acceptors (Lipinski definition) is 8. The van der Waals surface area contributed by atoms with Gasteiger partial charge in [-0.05, 0) is 67.1 Å². The molecule has 0 radical (unpaired) electrons. The van der Waals surface area contributed by atoms with Crippen molar-refractivity contribution in [1.82, 2.24) is 35.5 Å². The van der Waals surface area contributed by atoms with Crippen LogP contribution in [0.2, 0.25) is 0 Å². The number of nitrogen functional groups attached to an aromatic ring is 1. The van der Waals surface area contributed by atoms with Crippen LogP contribution in [-0.2, 0) is 6.54 Å². The van der Waals surface area contributed by atoms with Crippen molar-refractivity contribution >= 4 is 17.0 Å². The summed E-state index contributed by atoms with van der Waals surface area (Å²) < 4.78 is 1.86. The molecule has 3 heterocycles. The molecule has 0 aliphatic heterocycles. The van der Waals surface area contributed by atoms with Crippen LogP contribution in [0.3, 0.4) is 0 Å². The number of H-pyrrole nitrogens is 1. The Hall–Kier alpha value is -3.50. The van der Waals surface area contributed by atoms with E-state index in [1.165, 1.54) is 0 Å². The van der Waals surface area contributed by atoms with Crippen LogP contribution in [0.5, 0.6) is 5.75 Å². The number of benzene rings is 1. The van der Waals surface area contributed by atoms with Crippen LogP contribution < -0.4 is 11.1 Å². The third-order valence-electron chi connectivity index (χ3n) is 6.31. The van der Waals surface area contributed by atoms with E-state index in [-0.39, 0.29) is 17.8 Å². The molecular weight excluding hydrogens is 420 g/mol. The number of fused-ring (bicyclic) bond motifs is 1. The fraction of sp³-hybridized carbons (Fsp3) is 0.391. The summed E-state index contributed by atoms with van der Waals surface area (Å²) in [6.07, 6.45) is 7.13. The van der Waals surface area contributed by atoms with Crippen LogP contribution in [0, 0.1) is 0 Å². The summed E-state index contributed by atoms with van der Waals surface area (Å²) >= 11 is 0. The quantitative estimate of drug-likeness (QED) is 0.274. The minimum Gasteiger partial charge on any atom is -0.508 e. The molecule has 1 unspecified atom stereocenters. The number of phenolic OH excluding ortho intramolecular Hbond substituents is 1. The number of aromatic nitrogens is 6. The number of aromatic amines is 1. The first-order chi connectivity index (χ1) is 16.0. The number of anilines is 1. The lowest BCUT2D eigenvalue weighted by Crippen LogP contribution is -2.29. The molecule has 1 fully saturated rings. The van der Waals surface area contributed by atoms with Crippen molar-refractivity contribution < 1.29 is 10.2 Å². The highest BCUT2D eigenvalue weighted by Crippen LogP contribution is 2.32. The summed E-state index contributed by atoms with van der Waals surface area (Å²) in [7, 11) is 0. The Labute approximate surface area is 190 Å². The third-order valence-corrected chi connectivity index (χ3v) is 6.31. The molecule has 0 saturated heterocycles. The molecule has 0 spiro atoms. The van der Waals surface area contributed by atoms with E-state index in [0.717, 1.165) is 48.9 Å². The van der Waals surface area contributed by atoms with Crippen LogP contribution >= 0.6 is 0 Å². The second kappa shape index (κ2) is 9.16. The number of aliphatic hydroxyl groups is 1. The average Bonchev–Trinajstić information content (AvgIpc) is 3.52. The van der Waals surface area contributed by atoms with Crippen LogP contribution in [0.25, 0.3) is 11.2 Å². The van der Waals surface area contributed by atoms with Crippen LogP contribution in [0.15, 0.2) is 42.7 Å². The molecule has 33 heavy (non-hydrogen) atoms. The number of rotatable bonds is 8. The van der Waals surface area contributed by atoms with Crippen molar-refractivity contribution in [2.24, 2.45) is 0 Å². The van der Waals surface area contributed by atoms with Gasteiger partial charge in [0.15, 0.2) is 5.65 Å². The number of nitrogens with one attached hydrogen (secondary N) is 2. The van der Waals surface area contributed by atoms with E-state index in [9.17, 15) is 10.2 Å². The van der Waals surface area contributed by atoms with Gasteiger partial charge in [0, 0.05) is 18.2 Å². The molecule has 3 aromatic heterocycles. The van der Waals surface area contributed by atoms with Gasteiger partial charge in [0.05, 0.1) is 18.8 Å². The molecule has 0 amide bonds. The van der Waals surface area contributed by atoms with E-state index >= 15 is 0 Å². The van der Waals surface area contributed by atoms with Crippen molar-refractivity contribution in [2.75, 3.05) is 12.3 Å². The molecule has 1 aliphatic rings. The Morgan fingerprint density at radius 1 is 1.27 bits per heavy atom. The van der Waals surface area contributed by atoms with Crippen LogP contribution in [0.1, 0.15) is 48.3 Å². The minimum atomic E-state index is -0.205. The summed E-state index contributed by atoms with van der Waals surface area (Å²) in [4.78, 5) is 4.30. The lowest BCUT2D eigenvalue weighted by atomic mass is 9.90. The lowest BCUT2D eigenvalue weighted by Gasteiger charge is -2.19. The Balaban J connectivity index is 1.41. The zero-order chi connectivity index (χ0) is 22.8. The number of pyridine rings is 1. The molecule has 10 heteroatoms. The predicted molar refractivity (Wildman–Crippen MR) is 124 cm³/mol. The smallest absolute Gasteiger partial charge is 0.178 e. The third kappa shape index (κ3) is 4.81. The van der Waals surface area contributed by atoms with Gasteiger partial charge < -0.3 is 21.3 Å². The fourth-order valence-electron chi connectivity index (χ4n) is 4.71. The summed E-state index contributed by atoms with van der Waals surface area (Å²) in [5.41, 5.74) is 10.3. The average molecular weight is 449 g/mol. The van der Waals surface area contributed by atoms with Gasteiger partial charge in [-0.2, -0.15) is 5.10 Å². The molecule has 1 saturated carbocycles. The van der Waals surface area contributed by atoms with Crippen molar-refractivity contribution in [1.29, 1.82) is 0 Å². The van der Waals surface area contributed by atoms with Gasteiger partial charge in [-0.3, -0.25) is 4.68 Å². The molecule has 1 aliphatic carbocycles. The number of phenols is 1. The summed E-state index contributed by atoms with van der Waals surface area (Å²) in [5, 5.41) is 38.7. The maximum absolute atomic E-state index is 9.82. The molecule has 0 bridgehead atoms. The maximum atomic E-state index is 9.82. The molecule has 6 N–H and O–H groups in total. The molecule has 5 rings (SSSR count). The van der Waals surface area contributed by atoms with Crippen molar-refractivity contribution in [3.05, 3.63) is 59.4 Å². The Morgan fingerprint density at radius 2 is 2.18 bits per heavy atom. The van der Waals surface area contributed by atoms with Gasteiger partial charge in [-0.1, -0.05) is 17.3 Å². The fourth-order valence-corrected chi connectivity index (χ4v) is 4.71. The highest BCUT2D eigenvalue weighted by atomic mass is 16.3. The second-order valence-corrected chi connectivity index (χ2v) is 8.75. The van der Waals surface area contributed by atoms with E-state index in [2.05, 4.69) is 30.8 Å². The summed E-state index contributed by atoms with van der Waals surface area (Å²) in [6, 6.07) is 9.37. The number of aromatic hydroxyl groups is 1. The predicted octanol–water partition coefficient (Wildman–Crippen LogP) is 1.91. The number of nitrogens with zero attached hydrogens (tertiary/aromatic N) is 5. The number of aliphatic hydroxyl groups excluding tert-OH is 1. The van der Waals surface area contributed by atoms with Crippen LogP contribution in [-0.4, -0.2) is 59.1 Å². The summed E-state index contributed by atoms with van der Waals surface area (Å²) in [5.74, 6) is 0.633. The Kier molecular flexibility index (Phi) is 5.93. The lowest BCUT2D eigenvalue weighted by molar-refractivity contribution is 0.179. The number of nitrogens with two attached hydrogens (primary N) is 1. The van der Waals surface area contributed by atoms with Gasteiger partial charge in [-0.15, -0.1) is 5.10 Å². The SMILES string of the molecule is Nc1cc(C(CCN[C@@H]2CC[C@H](O)C2)c2cnn(Cc3cccc(O)c3)c2)c2nn[nH]c2n1. The topological polar surface area (TPSA) is 151 Å². The van der Waals surface area contributed by atoms with Crippen molar-refractivity contribution in [3.63, 3.8) is 0 Å². The van der Waals surface area contributed by atoms with Gasteiger partial charge in [-0.25, -0.2) is 10.1 Å². The van der Waals surface area contributed by atoms with Gasteiger partial charge in [0.2, 0.25) is 0 Å². The van der Waals surface area contributed by atoms with Gasteiger partial charge in [0.1, 0.15) is 17.1 Å². The Bertz CT molecular complexity index is 1240. The zero-order valence-corrected chi connectivity index (χ0v) is 18.2. The standard InChI is InChI=1S/C23H28N8O2/c24-21-10-20(22-23(27-21)29-30-28-22)19(6-7-25-16-4-5-18(33)9-16)15-11-26-31(13-15)12-14-2-1-3-17(32)8-14/h1-3,8,10-11,13,16,18-19,25,32-33H,4-7,9,12H2,(H3,24,27,28,29,30)/t16-,18+,19?/m1/s1. The molecule has 1 aromatic carbocycles. The normalized spacial score (nSPS) is 19.3. The first-order valence-corrected chi connectivity index (χ1v) is 11.2. The first kappa shape index (κ1) is 21.4. The van der Waals surface area contributed by atoms with Crippen LogP contribution in [0.4, 0.5) is 5.82 Å². The molecule has 10 nitrogen and oxygen atoms in total. The monoisotopic (exact) mass is 448 g/mol. The Morgan fingerprint density at radius 3 is 3.00 bits per heavy atom. The highest BCUT2D eigenvalue weighted by molar-refractivity contribution is 5.77. The number of hydrogen-bond donors (Lipinski definition) is 5. The largest absolute Gasteiger partial charge is 0.508 e. The van der Waals surface area contributed by atoms with E-state index < -0.39 is 0 Å². The van der Waals surface area contributed by atoms with Gasteiger partial charge >= 0.3 is 0 Å². The molecular formula is C23H28N8O2. The molecule has 3 atom stereocenters.